The van der Waals surface area contributed by atoms with Crippen molar-refractivity contribution in [1.29, 1.82) is 0 Å². The molecule has 1 N–H and O–H groups in total. The van der Waals surface area contributed by atoms with Crippen molar-refractivity contribution in [1.82, 2.24) is 9.80 Å². The number of nitrogens with zero attached hydrogens (tertiary/aromatic N) is 2. The van der Waals surface area contributed by atoms with Gasteiger partial charge in [0, 0.05) is 25.2 Å². The largest absolute Gasteiger partial charge is 0.493 e. The minimum atomic E-state index is -0.144. The van der Waals surface area contributed by atoms with E-state index < -0.39 is 0 Å². The van der Waals surface area contributed by atoms with Crippen LogP contribution in [0.1, 0.15) is 19.4 Å². The minimum Gasteiger partial charge on any atom is -0.493 e. The third kappa shape index (κ3) is 6.05. The lowest BCUT2D eigenvalue weighted by Crippen LogP contribution is -2.59. The summed E-state index contributed by atoms with van der Waals surface area (Å²) < 4.78 is 10.7. The molecule has 3 aromatic rings. The van der Waals surface area contributed by atoms with Gasteiger partial charge in [0.2, 0.25) is 5.91 Å². The highest BCUT2D eigenvalue weighted by atomic mass is 16.5. The fraction of sp³-hybridized carbons (Fsp3) is 0.333. The normalized spacial score (nSPS) is 15.4. The Balaban J connectivity index is 1.45. The van der Waals surface area contributed by atoms with E-state index in [1.807, 2.05) is 82.6 Å². The molecule has 194 valence electrons. The van der Waals surface area contributed by atoms with Crippen LogP contribution in [0.4, 0.5) is 10.5 Å². The Labute approximate surface area is 219 Å². The van der Waals surface area contributed by atoms with Gasteiger partial charge in [0.05, 0.1) is 32.4 Å². The molecular formula is C30H35N3O4. The van der Waals surface area contributed by atoms with E-state index in [0.717, 1.165) is 22.4 Å². The molecule has 3 aromatic carbocycles. The summed E-state index contributed by atoms with van der Waals surface area (Å²) in [5.41, 5.74) is 3.65. The van der Waals surface area contributed by atoms with E-state index in [9.17, 15) is 9.59 Å². The topological polar surface area (TPSA) is 71.1 Å². The van der Waals surface area contributed by atoms with Crippen molar-refractivity contribution in [3.63, 3.8) is 0 Å². The van der Waals surface area contributed by atoms with E-state index in [0.29, 0.717) is 31.1 Å². The molecule has 0 aromatic heterocycles. The summed E-state index contributed by atoms with van der Waals surface area (Å²) in [6.07, 6.45) is 0.266. The maximum atomic E-state index is 13.5. The third-order valence-electron chi connectivity index (χ3n) is 6.86. The zero-order valence-electron chi connectivity index (χ0n) is 21.9. The van der Waals surface area contributed by atoms with Gasteiger partial charge in [0.25, 0.3) is 0 Å². The Morgan fingerprint density at radius 3 is 2.32 bits per heavy atom. The quantitative estimate of drug-likeness (QED) is 0.476. The molecule has 37 heavy (non-hydrogen) atoms. The van der Waals surface area contributed by atoms with E-state index in [2.05, 4.69) is 19.2 Å². The van der Waals surface area contributed by atoms with Crippen molar-refractivity contribution >= 4 is 17.6 Å². The molecule has 0 bridgehead atoms. The molecular weight excluding hydrogens is 466 g/mol. The van der Waals surface area contributed by atoms with Gasteiger partial charge in [-0.1, -0.05) is 68.4 Å². The smallest absolute Gasteiger partial charge is 0.322 e. The SMILES string of the molecule is COc1ccc(CC(=O)N2CCN(C(=O)Nc3ccccc3-c3ccccc3)C(C(C)C)C2)cc1OC. The van der Waals surface area contributed by atoms with Gasteiger partial charge in [-0.15, -0.1) is 0 Å². The van der Waals surface area contributed by atoms with Crippen LogP contribution in [-0.2, 0) is 11.2 Å². The summed E-state index contributed by atoms with van der Waals surface area (Å²) in [6.45, 7) is 5.64. The number of piperazine rings is 1. The Morgan fingerprint density at radius 1 is 0.919 bits per heavy atom. The maximum Gasteiger partial charge on any atom is 0.322 e. The molecule has 7 heteroatoms. The van der Waals surface area contributed by atoms with Crippen molar-refractivity contribution in [2.75, 3.05) is 39.2 Å². The summed E-state index contributed by atoms with van der Waals surface area (Å²) in [5.74, 6) is 1.45. The van der Waals surface area contributed by atoms with Gasteiger partial charge in [-0.25, -0.2) is 4.79 Å². The number of para-hydroxylation sites is 1. The van der Waals surface area contributed by atoms with Crippen molar-refractivity contribution in [2.24, 2.45) is 5.92 Å². The lowest BCUT2D eigenvalue weighted by atomic mass is 9.99. The number of benzene rings is 3. The third-order valence-corrected chi connectivity index (χ3v) is 6.86. The van der Waals surface area contributed by atoms with E-state index in [1.165, 1.54) is 0 Å². The molecule has 7 nitrogen and oxygen atoms in total. The highest BCUT2D eigenvalue weighted by Crippen LogP contribution is 2.30. The second-order valence-electron chi connectivity index (χ2n) is 9.55. The molecule has 1 atom stereocenters. The van der Waals surface area contributed by atoms with Crippen molar-refractivity contribution in [3.8, 4) is 22.6 Å². The Hall–Kier alpha value is -4.00. The number of hydrogen-bond acceptors (Lipinski definition) is 4. The molecule has 1 heterocycles. The summed E-state index contributed by atoms with van der Waals surface area (Å²) in [4.78, 5) is 30.4. The molecule has 0 radical (unpaired) electrons. The summed E-state index contributed by atoms with van der Waals surface area (Å²) in [5, 5.41) is 3.13. The predicted octanol–water partition coefficient (Wildman–Crippen LogP) is 5.31. The number of rotatable bonds is 7. The number of ether oxygens (including phenoxy) is 2. The Morgan fingerprint density at radius 2 is 1.62 bits per heavy atom. The molecule has 1 aliphatic heterocycles. The molecule has 0 aliphatic carbocycles. The summed E-state index contributed by atoms with van der Waals surface area (Å²) in [6, 6.07) is 23.1. The highest BCUT2D eigenvalue weighted by molar-refractivity contribution is 5.95. The molecule has 3 amide bonds. The van der Waals surface area contributed by atoms with Crippen LogP contribution in [0.5, 0.6) is 11.5 Å². The van der Waals surface area contributed by atoms with Crippen LogP contribution in [0.3, 0.4) is 0 Å². The zero-order valence-corrected chi connectivity index (χ0v) is 21.9. The molecule has 1 fully saturated rings. The van der Waals surface area contributed by atoms with Crippen LogP contribution >= 0.6 is 0 Å². The van der Waals surface area contributed by atoms with Crippen LogP contribution < -0.4 is 14.8 Å². The molecule has 1 aliphatic rings. The van der Waals surface area contributed by atoms with Crippen molar-refractivity contribution in [2.45, 2.75) is 26.3 Å². The van der Waals surface area contributed by atoms with Crippen molar-refractivity contribution < 1.29 is 19.1 Å². The molecule has 1 unspecified atom stereocenters. The fourth-order valence-electron chi connectivity index (χ4n) is 4.78. The standard InChI is InChI=1S/C30H35N3O4/c1-21(2)26-20-32(29(34)19-22-14-15-27(36-3)28(18-22)37-4)16-17-33(26)30(35)31-25-13-9-8-12-24(25)23-10-6-5-7-11-23/h5-15,18,21,26H,16-17,19-20H2,1-4H3,(H,31,35). The van der Waals surface area contributed by atoms with Crippen LogP contribution in [0, 0.1) is 5.92 Å². The monoisotopic (exact) mass is 501 g/mol. The number of hydrogen-bond donors (Lipinski definition) is 1. The van der Waals surface area contributed by atoms with Crippen LogP contribution in [-0.4, -0.2) is 61.6 Å². The average Bonchev–Trinajstić information content (AvgIpc) is 2.93. The summed E-state index contributed by atoms with van der Waals surface area (Å²) >= 11 is 0. The number of carbonyl (C=O) groups excluding carboxylic acids is 2. The zero-order chi connectivity index (χ0) is 26.4. The van der Waals surface area contributed by atoms with Crippen LogP contribution in [0.15, 0.2) is 72.8 Å². The lowest BCUT2D eigenvalue weighted by molar-refractivity contribution is -0.133. The molecule has 1 saturated heterocycles. The fourth-order valence-corrected chi connectivity index (χ4v) is 4.78. The molecule has 0 spiro atoms. The number of nitrogens with one attached hydrogen (secondary N) is 1. The Bertz CT molecular complexity index is 1230. The van der Waals surface area contributed by atoms with Crippen LogP contribution in [0.25, 0.3) is 11.1 Å². The van der Waals surface area contributed by atoms with Gasteiger partial charge in [0.15, 0.2) is 11.5 Å². The lowest BCUT2D eigenvalue weighted by Gasteiger charge is -2.43. The average molecular weight is 502 g/mol. The predicted molar refractivity (Wildman–Crippen MR) is 146 cm³/mol. The number of urea groups is 1. The highest BCUT2D eigenvalue weighted by Gasteiger charge is 2.34. The maximum absolute atomic E-state index is 13.5. The van der Waals surface area contributed by atoms with Gasteiger partial charge in [-0.3, -0.25) is 4.79 Å². The first-order valence-corrected chi connectivity index (χ1v) is 12.6. The minimum absolute atomic E-state index is 0.0346. The van der Waals surface area contributed by atoms with Gasteiger partial charge in [0.1, 0.15) is 0 Å². The summed E-state index contributed by atoms with van der Waals surface area (Å²) in [7, 11) is 3.17. The van der Waals surface area contributed by atoms with Gasteiger partial charge in [-0.2, -0.15) is 0 Å². The van der Waals surface area contributed by atoms with Gasteiger partial charge < -0.3 is 24.6 Å². The van der Waals surface area contributed by atoms with Gasteiger partial charge >= 0.3 is 6.03 Å². The van der Waals surface area contributed by atoms with E-state index >= 15 is 0 Å². The first kappa shape index (κ1) is 26.1. The van der Waals surface area contributed by atoms with E-state index in [-0.39, 0.29) is 30.3 Å². The second-order valence-corrected chi connectivity index (χ2v) is 9.55. The first-order valence-electron chi connectivity index (χ1n) is 12.6. The molecule has 0 saturated carbocycles. The van der Waals surface area contributed by atoms with Crippen LogP contribution in [0.2, 0.25) is 0 Å². The number of carbonyl (C=O) groups is 2. The number of anilines is 1. The first-order chi connectivity index (χ1) is 17.9. The van der Waals surface area contributed by atoms with E-state index in [4.69, 9.17) is 9.47 Å². The second kappa shape index (κ2) is 11.8. The molecule has 4 rings (SSSR count). The Kier molecular flexibility index (Phi) is 8.33. The number of amides is 3. The van der Waals surface area contributed by atoms with Crippen molar-refractivity contribution in [3.05, 3.63) is 78.4 Å². The number of methoxy groups -OCH3 is 2. The van der Waals surface area contributed by atoms with E-state index in [1.54, 1.807) is 14.2 Å². The van der Waals surface area contributed by atoms with Gasteiger partial charge in [-0.05, 0) is 35.2 Å².